The summed E-state index contributed by atoms with van der Waals surface area (Å²) >= 11 is 5.96. The monoisotopic (exact) mass is 535 g/mol. The van der Waals surface area contributed by atoms with Gasteiger partial charge in [-0.25, -0.2) is 0 Å². The van der Waals surface area contributed by atoms with Gasteiger partial charge in [0.25, 0.3) is 0 Å². The van der Waals surface area contributed by atoms with Crippen LogP contribution in [0.25, 0.3) is 0 Å². The molecule has 38 heavy (non-hydrogen) atoms. The Bertz CT molecular complexity index is 1230. The second kappa shape index (κ2) is 13.0. The fourth-order valence-corrected chi connectivity index (χ4v) is 4.69. The number of hydrogen-bond acceptors (Lipinski definition) is 6. The van der Waals surface area contributed by atoms with Gasteiger partial charge in [0.15, 0.2) is 5.84 Å². The van der Waals surface area contributed by atoms with Crippen LogP contribution >= 0.6 is 11.6 Å². The Morgan fingerprint density at radius 2 is 1.55 bits per heavy atom. The van der Waals surface area contributed by atoms with Gasteiger partial charge in [-0.1, -0.05) is 77.4 Å². The van der Waals surface area contributed by atoms with Gasteiger partial charge in [-0.2, -0.15) is 0 Å². The van der Waals surface area contributed by atoms with Crippen molar-refractivity contribution in [1.29, 1.82) is 0 Å². The van der Waals surface area contributed by atoms with E-state index in [2.05, 4.69) is 39.6 Å². The lowest BCUT2D eigenvalue weighted by Gasteiger charge is -2.39. The first-order chi connectivity index (χ1) is 18.5. The van der Waals surface area contributed by atoms with Crippen LogP contribution in [0.1, 0.15) is 22.7 Å². The molecule has 3 aromatic carbocycles. The van der Waals surface area contributed by atoms with Crippen molar-refractivity contribution in [3.05, 3.63) is 101 Å². The van der Waals surface area contributed by atoms with Crippen molar-refractivity contribution in [2.45, 2.75) is 6.04 Å². The third-order valence-corrected chi connectivity index (χ3v) is 6.60. The fraction of sp³-hybridized carbons (Fsp3) is 0.250. The summed E-state index contributed by atoms with van der Waals surface area (Å²) in [7, 11) is 0. The molecule has 4 rings (SSSR count). The van der Waals surface area contributed by atoms with E-state index in [1.165, 1.54) is 23.3 Å². The number of rotatable bonds is 9. The number of amidine groups is 1. The summed E-state index contributed by atoms with van der Waals surface area (Å²) in [6.45, 7) is 2.04. The molecule has 0 bridgehead atoms. The Hall–Kier alpha value is -3.92. The number of amides is 2. The first kappa shape index (κ1) is 27.1. The van der Waals surface area contributed by atoms with Crippen molar-refractivity contribution < 1.29 is 19.5 Å². The highest BCUT2D eigenvalue weighted by atomic mass is 35.5. The van der Waals surface area contributed by atoms with Gasteiger partial charge in [0.1, 0.15) is 13.2 Å². The third kappa shape index (κ3) is 6.89. The number of piperazine rings is 1. The van der Waals surface area contributed by atoms with E-state index in [9.17, 15) is 9.59 Å². The molecule has 0 aromatic heterocycles. The maximum absolute atomic E-state index is 12.8. The average molecular weight is 536 g/mol. The Morgan fingerprint density at radius 1 is 0.947 bits per heavy atom. The Kier molecular flexibility index (Phi) is 9.31. The van der Waals surface area contributed by atoms with Crippen LogP contribution in [0.3, 0.4) is 0 Å². The average Bonchev–Trinajstić information content (AvgIpc) is 2.95. The number of nitrogens with one attached hydrogen (secondary N) is 1. The quantitative estimate of drug-likeness (QED) is 0.167. The molecule has 0 saturated carbocycles. The molecule has 0 aliphatic carbocycles. The van der Waals surface area contributed by atoms with Gasteiger partial charge in [0.05, 0.1) is 11.7 Å². The number of ether oxygens (including phenoxy) is 1. The second-order valence-corrected chi connectivity index (χ2v) is 9.29. The normalized spacial score (nSPS) is 14.5. The van der Waals surface area contributed by atoms with E-state index in [1.54, 1.807) is 11.0 Å². The third-order valence-electron chi connectivity index (χ3n) is 6.36. The molecule has 1 saturated heterocycles. The van der Waals surface area contributed by atoms with Crippen LogP contribution in [0, 0.1) is 0 Å². The van der Waals surface area contributed by atoms with E-state index in [0.717, 1.165) is 0 Å². The summed E-state index contributed by atoms with van der Waals surface area (Å²) in [5, 5.41) is 14.9. The number of halogens is 1. The molecule has 3 aromatic rings. The largest absolute Gasteiger partial charge is 0.409 e. The summed E-state index contributed by atoms with van der Waals surface area (Å²) in [6.07, 6.45) is 0. The lowest BCUT2D eigenvalue weighted by atomic mass is 9.96. The minimum atomic E-state index is -0.481. The van der Waals surface area contributed by atoms with E-state index in [1.807, 2.05) is 36.4 Å². The van der Waals surface area contributed by atoms with Crippen LogP contribution in [-0.4, -0.2) is 72.0 Å². The van der Waals surface area contributed by atoms with Crippen LogP contribution in [0.4, 0.5) is 5.69 Å². The van der Waals surface area contributed by atoms with Crippen molar-refractivity contribution in [1.82, 2.24) is 9.80 Å². The SMILES string of the molecule is NC(=NO)c1cc(Cl)ccc1NC(=O)COCC(=O)N1CCN(C(c2ccccc2)c2ccccc2)CC1. The maximum Gasteiger partial charge on any atom is 0.250 e. The molecule has 1 heterocycles. The first-order valence-electron chi connectivity index (χ1n) is 12.2. The highest BCUT2D eigenvalue weighted by molar-refractivity contribution is 6.31. The van der Waals surface area contributed by atoms with Crippen LogP contribution in [0.2, 0.25) is 5.02 Å². The number of carbonyl (C=O) groups excluding carboxylic acids is 2. The Morgan fingerprint density at radius 3 is 2.13 bits per heavy atom. The molecule has 10 heteroatoms. The van der Waals surface area contributed by atoms with E-state index in [4.69, 9.17) is 27.3 Å². The molecule has 0 spiro atoms. The van der Waals surface area contributed by atoms with Gasteiger partial charge in [0, 0.05) is 36.8 Å². The Balaban J connectivity index is 1.28. The number of oxime groups is 1. The molecule has 2 amide bonds. The lowest BCUT2D eigenvalue weighted by Crippen LogP contribution is -2.50. The van der Waals surface area contributed by atoms with E-state index in [0.29, 0.717) is 36.9 Å². The van der Waals surface area contributed by atoms with Gasteiger partial charge in [0.2, 0.25) is 11.8 Å². The fourth-order valence-electron chi connectivity index (χ4n) is 4.51. The highest BCUT2D eigenvalue weighted by Crippen LogP contribution is 2.29. The number of carbonyl (C=O) groups is 2. The molecule has 1 aliphatic rings. The van der Waals surface area contributed by atoms with Gasteiger partial charge in [-0.3, -0.25) is 14.5 Å². The number of hydrogen-bond donors (Lipinski definition) is 3. The number of nitrogens with zero attached hydrogens (tertiary/aromatic N) is 3. The molecule has 4 N–H and O–H groups in total. The van der Waals surface area contributed by atoms with Crippen LogP contribution < -0.4 is 11.1 Å². The van der Waals surface area contributed by atoms with Crippen molar-refractivity contribution in [3.8, 4) is 0 Å². The molecule has 1 fully saturated rings. The molecule has 0 atom stereocenters. The van der Waals surface area contributed by atoms with Gasteiger partial charge >= 0.3 is 0 Å². The Labute approximate surface area is 226 Å². The van der Waals surface area contributed by atoms with Crippen molar-refractivity contribution in [2.75, 3.05) is 44.7 Å². The number of nitrogens with two attached hydrogens (primary N) is 1. The highest BCUT2D eigenvalue weighted by Gasteiger charge is 2.28. The molecule has 9 nitrogen and oxygen atoms in total. The summed E-state index contributed by atoms with van der Waals surface area (Å²) in [4.78, 5) is 29.3. The summed E-state index contributed by atoms with van der Waals surface area (Å²) in [6, 6.07) is 25.4. The van der Waals surface area contributed by atoms with Gasteiger partial charge < -0.3 is 25.9 Å². The molecular weight excluding hydrogens is 506 g/mol. The number of anilines is 1. The first-order valence-corrected chi connectivity index (χ1v) is 12.6. The summed E-state index contributed by atoms with van der Waals surface area (Å²) in [5.74, 6) is -0.845. The predicted octanol–water partition coefficient (Wildman–Crippen LogP) is 3.32. The minimum absolute atomic E-state index is 0.109. The topological polar surface area (TPSA) is 120 Å². The lowest BCUT2D eigenvalue weighted by molar-refractivity contribution is -0.139. The van der Waals surface area contributed by atoms with E-state index >= 15 is 0 Å². The van der Waals surface area contributed by atoms with Crippen LogP contribution in [0.5, 0.6) is 0 Å². The smallest absolute Gasteiger partial charge is 0.250 e. The molecule has 198 valence electrons. The van der Waals surface area contributed by atoms with Crippen LogP contribution in [0.15, 0.2) is 84.0 Å². The second-order valence-electron chi connectivity index (χ2n) is 8.86. The standard InChI is InChI=1S/C28H30ClN5O4/c29-22-11-12-24(23(17-22)28(30)32-37)31-25(35)18-38-19-26(36)33-13-15-34(16-14-33)27(20-7-3-1-4-8-20)21-9-5-2-6-10-21/h1-12,17,27,37H,13-16,18-19H2,(H2,30,32)(H,31,35). The predicted molar refractivity (Wildman–Crippen MR) is 146 cm³/mol. The molecule has 1 aliphatic heterocycles. The van der Waals surface area contributed by atoms with Crippen molar-refractivity contribution in [3.63, 3.8) is 0 Å². The number of benzene rings is 3. The molecule has 0 radical (unpaired) electrons. The summed E-state index contributed by atoms with van der Waals surface area (Å²) < 4.78 is 5.39. The maximum atomic E-state index is 12.8. The van der Waals surface area contributed by atoms with Gasteiger partial charge in [-0.15, -0.1) is 0 Å². The van der Waals surface area contributed by atoms with Crippen molar-refractivity contribution in [2.24, 2.45) is 10.9 Å². The zero-order chi connectivity index (χ0) is 26.9. The van der Waals surface area contributed by atoms with Crippen LogP contribution in [-0.2, 0) is 14.3 Å². The van der Waals surface area contributed by atoms with Crippen molar-refractivity contribution >= 4 is 34.9 Å². The molecule has 0 unspecified atom stereocenters. The van der Waals surface area contributed by atoms with Gasteiger partial charge in [-0.05, 0) is 29.3 Å². The summed E-state index contributed by atoms with van der Waals surface area (Å²) in [5.41, 5.74) is 8.67. The molecular formula is C28H30ClN5O4. The van der Waals surface area contributed by atoms with E-state index in [-0.39, 0.29) is 36.6 Å². The zero-order valence-corrected chi connectivity index (χ0v) is 21.6. The zero-order valence-electron chi connectivity index (χ0n) is 20.8. The minimum Gasteiger partial charge on any atom is -0.409 e. The van der Waals surface area contributed by atoms with E-state index < -0.39 is 5.91 Å².